The van der Waals surface area contributed by atoms with Crippen LogP contribution in [0.4, 0.5) is 0 Å². The first kappa shape index (κ1) is 20.7. The maximum absolute atomic E-state index is 11.7. The number of rotatable bonds is 7. The van der Waals surface area contributed by atoms with Crippen molar-refractivity contribution in [2.45, 2.75) is 27.2 Å². The molecule has 0 spiro atoms. The van der Waals surface area contributed by atoms with Gasteiger partial charge in [-0.15, -0.1) is 0 Å². The van der Waals surface area contributed by atoms with Gasteiger partial charge in [-0.25, -0.2) is 12.7 Å². The Morgan fingerprint density at radius 2 is 1.75 bits per heavy atom. The van der Waals surface area contributed by atoms with E-state index < -0.39 is 10.0 Å². The maximum Gasteiger partial charge on any atom is 0.219 e. The third kappa shape index (κ3) is 6.27. The predicted octanol–water partition coefficient (Wildman–Crippen LogP) is -0.212. The van der Waals surface area contributed by atoms with Gasteiger partial charge in [0.2, 0.25) is 15.9 Å². The van der Waals surface area contributed by atoms with E-state index >= 15 is 0 Å². The molecule has 1 fully saturated rings. The van der Waals surface area contributed by atoms with E-state index in [1.54, 1.807) is 20.9 Å². The van der Waals surface area contributed by atoms with Crippen LogP contribution in [-0.2, 0) is 14.8 Å². The molecule has 8 nitrogen and oxygen atoms in total. The molecule has 1 aliphatic rings. The summed E-state index contributed by atoms with van der Waals surface area (Å²) in [7, 11) is -1.52. The number of carbonyl (C=O) groups is 1. The van der Waals surface area contributed by atoms with Gasteiger partial charge in [0.1, 0.15) is 0 Å². The Labute approximate surface area is 145 Å². The van der Waals surface area contributed by atoms with E-state index in [1.807, 2.05) is 11.8 Å². The first-order chi connectivity index (χ1) is 11.3. The molecular weight excluding hydrogens is 330 g/mol. The number of amides is 1. The second-order valence-electron chi connectivity index (χ2n) is 5.80. The van der Waals surface area contributed by atoms with Gasteiger partial charge in [-0.1, -0.05) is 0 Å². The van der Waals surface area contributed by atoms with Crippen molar-refractivity contribution < 1.29 is 13.2 Å². The number of hydrogen-bond donors (Lipinski definition) is 1. The zero-order chi connectivity index (χ0) is 18.2. The van der Waals surface area contributed by atoms with Gasteiger partial charge in [-0.3, -0.25) is 9.79 Å². The highest BCUT2D eigenvalue weighted by Gasteiger charge is 2.20. The molecule has 1 amide bonds. The van der Waals surface area contributed by atoms with Crippen LogP contribution in [0.15, 0.2) is 4.99 Å². The highest BCUT2D eigenvalue weighted by atomic mass is 32.2. The van der Waals surface area contributed by atoms with E-state index in [0.717, 1.165) is 25.6 Å². The number of piperazine rings is 1. The molecule has 0 aliphatic carbocycles. The summed E-state index contributed by atoms with van der Waals surface area (Å²) in [5, 5.41) is 3.27. The number of carbonyl (C=O) groups excluding carboxylic acids is 1. The third-order valence-electron chi connectivity index (χ3n) is 4.09. The SMILES string of the molecule is CCNC(=NCCCN(C)S(=O)(=O)CC)N1CCN(C(C)=O)CC1. The van der Waals surface area contributed by atoms with Crippen LogP contribution in [0.2, 0.25) is 0 Å². The molecule has 1 rings (SSSR count). The lowest BCUT2D eigenvalue weighted by Gasteiger charge is -2.36. The zero-order valence-electron chi connectivity index (χ0n) is 15.3. The standard InChI is InChI=1S/C15H31N5O3S/c1-5-16-15(20-12-10-19(11-13-20)14(3)21)17-8-7-9-18(4)24(22,23)6-2/h5-13H2,1-4H3,(H,16,17). The molecule has 1 N–H and O–H groups in total. The highest BCUT2D eigenvalue weighted by Crippen LogP contribution is 2.04. The summed E-state index contributed by atoms with van der Waals surface area (Å²) >= 11 is 0. The Balaban J connectivity index is 2.50. The fourth-order valence-corrected chi connectivity index (χ4v) is 3.34. The van der Waals surface area contributed by atoms with E-state index in [0.29, 0.717) is 32.6 Å². The molecule has 1 aliphatic heterocycles. The normalized spacial score (nSPS) is 16.6. The van der Waals surface area contributed by atoms with Crippen molar-refractivity contribution in [2.75, 3.05) is 58.6 Å². The Hall–Kier alpha value is -1.35. The predicted molar refractivity (Wildman–Crippen MR) is 96.5 cm³/mol. The minimum absolute atomic E-state index is 0.108. The van der Waals surface area contributed by atoms with Crippen LogP contribution in [0, 0.1) is 0 Å². The van der Waals surface area contributed by atoms with Gasteiger partial charge in [0.05, 0.1) is 5.75 Å². The van der Waals surface area contributed by atoms with Gasteiger partial charge in [-0.05, 0) is 20.3 Å². The second-order valence-corrected chi connectivity index (χ2v) is 8.17. The average molecular weight is 362 g/mol. The molecule has 9 heteroatoms. The monoisotopic (exact) mass is 361 g/mol. The summed E-state index contributed by atoms with van der Waals surface area (Å²) in [5.74, 6) is 1.06. The van der Waals surface area contributed by atoms with Crippen molar-refractivity contribution in [3.8, 4) is 0 Å². The molecule has 0 bridgehead atoms. The zero-order valence-corrected chi connectivity index (χ0v) is 16.1. The van der Waals surface area contributed by atoms with Crippen LogP contribution < -0.4 is 5.32 Å². The molecule has 0 saturated carbocycles. The fourth-order valence-electron chi connectivity index (χ4n) is 2.50. The van der Waals surface area contributed by atoms with Crippen LogP contribution >= 0.6 is 0 Å². The number of nitrogens with zero attached hydrogens (tertiary/aromatic N) is 4. The Kier molecular flexibility index (Phi) is 8.47. The van der Waals surface area contributed by atoms with Gasteiger partial charge in [0.25, 0.3) is 0 Å². The van der Waals surface area contributed by atoms with Crippen molar-refractivity contribution in [3.63, 3.8) is 0 Å². The minimum atomic E-state index is -3.12. The molecule has 0 aromatic rings. The van der Waals surface area contributed by atoms with Crippen LogP contribution in [-0.4, -0.2) is 93.0 Å². The first-order valence-electron chi connectivity index (χ1n) is 8.54. The summed E-state index contributed by atoms with van der Waals surface area (Å²) in [6.45, 7) is 10.00. The van der Waals surface area contributed by atoms with Gasteiger partial charge >= 0.3 is 0 Å². The molecule has 1 saturated heterocycles. The Morgan fingerprint density at radius 1 is 1.17 bits per heavy atom. The molecule has 0 aromatic heterocycles. The van der Waals surface area contributed by atoms with Crippen molar-refractivity contribution in [3.05, 3.63) is 0 Å². The first-order valence-corrected chi connectivity index (χ1v) is 10.2. The average Bonchev–Trinajstić information content (AvgIpc) is 2.57. The highest BCUT2D eigenvalue weighted by molar-refractivity contribution is 7.89. The summed E-state index contributed by atoms with van der Waals surface area (Å²) in [5.41, 5.74) is 0. The molecule has 0 aromatic carbocycles. The van der Waals surface area contributed by atoms with E-state index in [1.165, 1.54) is 4.31 Å². The number of hydrogen-bond acceptors (Lipinski definition) is 4. The Bertz CT molecular complexity index is 527. The lowest BCUT2D eigenvalue weighted by atomic mass is 10.3. The summed E-state index contributed by atoms with van der Waals surface area (Å²) in [6, 6.07) is 0. The van der Waals surface area contributed by atoms with Crippen LogP contribution in [0.5, 0.6) is 0 Å². The largest absolute Gasteiger partial charge is 0.357 e. The number of sulfonamides is 1. The van der Waals surface area contributed by atoms with Gasteiger partial charge in [-0.2, -0.15) is 0 Å². The molecule has 24 heavy (non-hydrogen) atoms. The summed E-state index contributed by atoms with van der Waals surface area (Å²) in [6.07, 6.45) is 0.679. The van der Waals surface area contributed by atoms with Crippen LogP contribution in [0.3, 0.4) is 0 Å². The lowest BCUT2D eigenvalue weighted by Crippen LogP contribution is -2.53. The molecule has 140 valence electrons. The number of nitrogens with one attached hydrogen (secondary N) is 1. The summed E-state index contributed by atoms with van der Waals surface area (Å²) in [4.78, 5) is 20.0. The minimum Gasteiger partial charge on any atom is -0.357 e. The quantitative estimate of drug-likeness (QED) is 0.385. The van der Waals surface area contributed by atoms with E-state index in [9.17, 15) is 13.2 Å². The van der Waals surface area contributed by atoms with Gasteiger partial charge < -0.3 is 15.1 Å². The lowest BCUT2D eigenvalue weighted by molar-refractivity contribution is -0.130. The molecular formula is C15H31N5O3S. The van der Waals surface area contributed by atoms with Gasteiger partial charge in [0, 0.05) is 59.8 Å². The van der Waals surface area contributed by atoms with E-state index in [2.05, 4.69) is 15.2 Å². The van der Waals surface area contributed by atoms with Crippen LogP contribution in [0.1, 0.15) is 27.2 Å². The molecule has 1 heterocycles. The van der Waals surface area contributed by atoms with Gasteiger partial charge in [0.15, 0.2) is 5.96 Å². The summed E-state index contributed by atoms with van der Waals surface area (Å²) < 4.78 is 24.8. The van der Waals surface area contributed by atoms with Crippen molar-refractivity contribution >= 4 is 21.9 Å². The fraction of sp³-hybridized carbons (Fsp3) is 0.867. The van der Waals surface area contributed by atoms with Crippen molar-refractivity contribution in [2.24, 2.45) is 4.99 Å². The van der Waals surface area contributed by atoms with Crippen molar-refractivity contribution in [1.29, 1.82) is 0 Å². The second kappa shape index (κ2) is 9.83. The topological polar surface area (TPSA) is 85.3 Å². The third-order valence-corrected chi connectivity index (χ3v) is 5.95. The van der Waals surface area contributed by atoms with Crippen LogP contribution in [0.25, 0.3) is 0 Å². The van der Waals surface area contributed by atoms with E-state index in [-0.39, 0.29) is 11.7 Å². The molecule has 0 atom stereocenters. The number of guanidine groups is 1. The number of aliphatic imine (C=N–C) groups is 1. The molecule has 0 unspecified atom stereocenters. The maximum atomic E-state index is 11.7. The van der Waals surface area contributed by atoms with Crippen molar-refractivity contribution in [1.82, 2.24) is 19.4 Å². The smallest absolute Gasteiger partial charge is 0.219 e. The Morgan fingerprint density at radius 3 is 2.25 bits per heavy atom. The van der Waals surface area contributed by atoms with E-state index in [4.69, 9.17) is 0 Å². The molecule has 0 radical (unpaired) electrons.